The summed E-state index contributed by atoms with van der Waals surface area (Å²) in [5, 5.41) is 9.84. The molecule has 1 aromatic heterocycles. The Bertz CT molecular complexity index is 497. The highest BCUT2D eigenvalue weighted by molar-refractivity contribution is 7.89. The van der Waals surface area contributed by atoms with Gasteiger partial charge in [-0.25, -0.2) is 18.1 Å². The second-order valence-electron chi connectivity index (χ2n) is 4.63. The average molecular weight is 273 g/mol. The Kier molecular flexibility index (Phi) is 4.04. The molecule has 1 fully saturated rings. The Balaban J connectivity index is 2.11. The summed E-state index contributed by atoms with van der Waals surface area (Å²) in [5.74, 6) is 0.638. The van der Waals surface area contributed by atoms with E-state index in [4.69, 9.17) is 0 Å². The molecule has 18 heavy (non-hydrogen) atoms. The fourth-order valence-corrected chi connectivity index (χ4v) is 3.42. The van der Waals surface area contributed by atoms with Crippen molar-refractivity contribution >= 4 is 10.0 Å². The van der Waals surface area contributed by atoms with Crippen LogP contribution in [-0.2, 0) is 16.4 Å². The van der Waals surface area contributed by atoms with Gasteiger partial charge in [-0.2, -0.15) is 0 Å². The van der Waals surface area contributed by atoms with Gasteiger partial charge >= 0.3 is 0 Å². The maximum Gasteiger partial charge on any atom is 0.257 e. The highest BCUT2D eigenvalue weighted by Gasteiger charge is 2.28. The number of aromatic nitrogens is 2. The number of nitrogens with one attached hydrogen (secondary N) is 2. The summed E-state index contributed by atoms with van der Waals surface area (Å²) in [6, 6.07) is -0.392. The monoisotopic (exact) mass is 273 g/mol. The molecule has 6 nitrogen and oxygen atoms in total. The summed E-state index contributed by atoms with van der Waals surface area (Å²) in [4.78, 5) is 6.74. The molecule has 1 aliphatic carbocycles. The van der Waals surface area contributed by atoms with E-state index in [1.165, 1.54) is 6.20 Å². The van der Waals surface area contributed by atoms with Crippen molar-refractivity contribution in [2.75, 3.05) is 0 Å². The van der Waals surface area contributed by atoms with E-state index < -0.39 is 22.2 Å². The Morgan fingerprint density at radius 1 is 1.50 bits per heavy atom. The van der Waals surface area contributed by atoms with Crippen LogP contribution in [0.3, 0.4) is 0 Å². The number of sulfonamides is 1. The molecule has 0 radical (unpaired) electrons. The SMILES string of the molecule is CCc1ncc(S(=O)(=O)N[C@@H]2CCCC[C@H]2O)[nH]1. The molecule has 0 bridgehead atoms. The predicted molar refractivity (Wildman–Crippen MR) is 66.6 cm³/mol. The molecular weight excluding hydrogens is 254 g/mol. The summed E-state index contributed by atoms with van der Waals surface area (Å²) < 4.78 is 26.7. The Morgan fingerprint density at radius 3 is 2.83 bits per heavy atom. The molecule has 0 saturated heterocycles. The van der Waals surface area contributed by atoms with Gasteiger partial charge in [0, 0.05) is 12.5 Å². The summed E-state index contributed by atoms with van der Waals surface area (Å²) in [5.41, 5.74) is 0. The van der Waals surface area contributed by atoms with E-state index in [1.54, 1.807) is 0 Å². The molecule has 2 rings (SSSR count). The largest absolute Gasteiger partial charge is 0.391 e. The third kappa shape index (κ3) is 2.90. The van der Waals surface area contributed by atoms with Crippen LogP contribution >= 0.6 is 0 Å². The highest BCUT2D eigenvalue weighted by atomic mass is 32.2. The molecule has 1 saturated carbocycles. The molecule has 1 aliphatic rings. The lowest BCUT2D eigenvalue weighted by molar-refractivity contribution is 0.101. The molecule has 0 aliphatic heterocycles. The summed E-state index contributed by atoms with van der Waals surface area (Å²) >= 11 is 0. The van der Waals surface area contributed by atoms with Crippen LogP contribution in [0.2, 0.25) is 0 Å². The van der Waals surface area contributed by atoms with Crippen LogP contribution in [0.1, 0.15) is 38.4 Å². The molecular formula is C11H19N3O3S. The van der Waals surface area contributed by atoms with Crippen molar-refractivity contribution in [1.82, 2.24) is 14.7 Å². The van der Waals surface area contributed by atoms with Crippen molar-refractivity contribution in [2.45, 2.75) is 56.2 Å². The number of rotatable bonds is 4. The number of H-pyrrole nitrogens is 1. The molecule has 0 spiro atoms. The minimum atomic E-state index is -3.61. The zero-order valence-electron chi connectivity index (χ0n) is 10.4. The van der Waals surface area contributed by atoms with Crippen LogP contribution in [0.5, 0.6) is 0 Å². The Labute approximate surface area is 107 Å². The van der Waals surface area contributed by atoms with Crippen molar-refractivity contribution in [2.24, 2.45) is 0 Å². The normalized spacial score (nSPS) is 25.2. The van der Waals surface area contributed by atoms with E-state index in [2.05, 4.69) is 14.7 Å². The maximum atomic E-state index is 12.1. The minimum Gasteiger partial charge on any atom is -0.391 e. The van der Waals surface area contributed by atoms with E-state index in [-0.39, 0.29) is 5.03 Å². The number of nitrogens with zero attached hydrogens (tertiary/aromatic N) is 1. The predicted octanol–water partition coefficient (Wildman–Crippen LogP) is 0.554. The van der Waals surface area contributed by atoms with Crippen LogP contribution in [0, 0.1) is 0 Å². The number of hydrogen-bond donors (Lipinski definition) is 3. The van der Waals surface area contributed by atoms with E-state index >= 15 is 0 Å². The first kappa shape index (κ1) is 13.5. The van der Waals surface area contributed by atoms with Crippen LogP contribution in [0.25, 0.3) is 0 Å². The molecule has 102 valence electrons. The first-order valence-electron chi connectivity index (χ1n) is 6.27. The van der Waals surface area contributed by atoms with Crippen molar-refractivity contribution < 1.29 is 13.5 Å². The lowest BCUT2D eigenvalue weighted by atomic mass is 9.93. The molecule has 7 heteroatoms. The van der Waals surface area contributed by atoms with Crippen LogP contribution in [0.4, 0.5) is 0 Å². The fraction of sp³-hybridized carbons (Fsp3) is 0.727. The molecule has 1 heterocycles. The van der Waals surface area contributed by atoms with E-state index in [0.29, 0.717) is 25.1 Å². The molecule has 3 N–H and O–H groups in total. The third-order valence-electron chi connectivity index (χ3n) is 3.27. The lowest BCUT2D eigenvalue weighted by Crippen LogP contribution is -2.45. The van der Waals surface area contributed by atoms with E-state index in [0.717, 1.165) is 12.8 Å². The maximum absolute atomic E-state index is 12.1. The number of aryl methyl sites for hydroxylation is 1. The van der Waals surface area contributed by atoms with Gasteiger partial charge in [0.15, 0.2) is 5.03 Å². The van der Waals surface area contributed by atoms with Crippen LogP contribution < -0.4 is 4.72 Å². The van der Waals surface area contributed by atoms with Gasteiger partial charge in [0.25, 0.3) is 10.0 Å². The number of aliphatic hydroxyl groups excluding tert-OH is 1. The third-order valence-corrected chi connectivity index (χ3v) is 4.67. The second-order valence-corrected chi connectivity index (χ2v) is 6.31. The van der Waals surface area contributed by atoms with Gasteiger partial charge in [0.05, 0.1) is 12.3 Å². The average Bonchev–Trinajstić information content (AvgIpc) is 2.81. The molecule has 0 amide bonds. The fourth-order valence-electron chi connectivity index (χ4n) is 2.17. The molecule has 2 atom stereocenters. The summed E-state index contributed by atoms with van der Waals surface area (Å²) in [6.07, 6.45) is 4.59. The number of aliphatic hydroxyl groups is 1. The highest BCUT2D eigenvalue weighted by Crippen LogP contribution is 2.20. The standard InChI is InChI=1S/C11H19N3O3S/c1-2-10-12-7-11(13-10)18(16,17)14-8-5-3-4-6-9(8)15/h7-9,14-15H,2-6H2,1H3,(H,12,13)/t8-,9-/m1/s1. The van der Waals surface area contributed by atoms with E-state index in [1.807, 2.05) is 6.92 Å². The minimum absolute atomic E-state index is 0.0668. The Morgan fingerprint density at radius 2 is 2.22 bits per heavy atom. The number of aromatic amines is 1. The van der Waals surface area contributed by atoms with Gasteiger partial charge < -0.3 is 10.1 Å². The second kappa shape index (κ2) is 5.38. The summed E-state index contributed by atoms with van der Waals surface area (Å²) in [7, 11) is -3.61. The smallest absolute Gasteiger partial charge is 0.257 e. The quantitative estimate of drug-likeness (QED) is 0.746. The zero-order chi connectivity index (χ0) is 13.2. The van der Waals surface area contributed by atoms with Gasteiger partial charge in [-0.15, -0.1) is 0 Å². The van der Waals surface area contributed by atoms with Crippen molar-refractivity contribution in [3.8, 4) is 0 Å². The summed E-state index contributed by atoms with van der Waals surface area (Å²) in [6.45, 7) is 1.90. The van der Waals surface area contributed by atoms with Crippen LogP contribution in [-0.4, -0.2) is 35.6 Å². The first-order chi connectivity index (χ1) is 8.53. The van der Waals surface area contributed by atoms with Gasteiger partial charge in [0.2, 0.25) is 0 Å². The van der Waals surface area contributed by atoms with Gasteiger partial charge in [-0.1, -0.05) is 19.8 Å². The van der Waals surface area contributed by atoms with Gasteiger partial charge in [-0.05, 0) is 12.8 Å². The lowest BCUT2D eigenvalue weighted by Gasteiger charge is -2.27. The first-order valence-corrected chi connectivity index (χ1v) is 7.75. The molecule has 0 aromatic carbocycles. The molecule has 1 aromatic rings. The topological polar surface area (TPSA) is 95.1 Å². The van der Waals surface area contributed by atoms with Crippen molar-refractivity contribution in [1.29, 1.82) is 0 Å². The van der Waals surface area contributed by atoms with Crippen molar-refractivity contribution in [3.05, 3.63) is 12.0 Å². The van der Waals surface area contributed by atoms with E-state index in [9.17, 15) is 13.5 Å². The van der Waals surface area contributed by atoms with Gasteiger partial charge in [-0.3, -0.25) is 0 Å². The zero-order valence-corrected chi connectivity index (χ0v) is 11.2. The van der Waals surface area contributed by atoms with Crippen molar-refractivity contribution in [3.63, 3.8) is 0 Å². The number of hydrogen-bond acceptors (Lipinski definition) is 4. The number of imidazole rings is 1. The van der Waals surface area contributed by atoms with Gasteiger partial charge in [0.1, 0.15) is 5.82 Å². The Hall–Kier alpha value is -0.920. The molecule has 0 unspecified atom stereocenters. The van der Waals surface area contributed by atoms with Crippen LogP contribution in [0.15, 0.2) is 11.2 Å².